The van der Waals surface area contributed by atoms with Gasteiger partial charge >= 0.3 is 0 Å². The molecule has 1 saturated heterocycles. The van der Waals surface area contributed by atoms with Crippen LogP contribution in [0.15, 0.2) is 18.3 Å². The second kappa shape index (κ2) is 4.35. The largest absolute Gasteiger partial charge is 0.384 e. The molecular weight excluding hydrogens is 212 g/mol. The first-order chi connectivity index (χ1) is 7.99. The van der Waals surface area contributed by atoms with Crippen LogP contribution in [-0.2, 0) is 0 Å². The Morgan fingerprint density at radius 1 is 1.41 bits per heavy atom. The summed E-state index contributed by atoms with van der Waals surface area (Å²) >= 11 is 0. The highest BCUT2D eigenvalue weighted by Gasteiger charge is 2.27. The summed E-state index contributed by atoms with van der Waals surface area (Å²) in [6, 6.07) is 3.69. The molecule has 0 unspecified atom stereocenters. The molecule has 1 aromatic rings. The molecule has 0 aromatic carbocycles. The minimum absolute atomic E-state index is 0.0953. The lowest BCUT2D eigenvalue weighted by molar-refractivity contribution is 0.279. The van der Waals surface area contributed by atoms with E-state index in [4.69, 9.17) is 11.1 Å². The third-order valence-electron chi connectivity index (χ3n) is 3.49. The van der Waals surface area contributed by atoms with Gasteiger partial charge in [-0.2, -0.15) is 0 Å². The first kappa shape index (κ1) is 11.9. The first-order valence-electron chi connectivity index (χ1n) is 6.04. The summed E-state index contributed by atoms with van der Waals surface area (Å²) in [7, 11) is 0. The molecule has 4 nitrogen and oxygen atoms in total. The van der Waals surface area contributed by atoms with E-state index < -0.39 is 0 Å². The van der Waals surface area contributed by atoms with E-state index in [1.54, 1.807) is 6.20 Å². The lowest BCUT2D eigenvalue weighted by atomic mass is 9.82. The van der Waals surface area contributed by atoms with Crippen LogP contribution in [0.5, 0.6) is 0 Å². The van der Waals surface area contributed by atoms with E-state index in [-0.39, 0.29) is 5.84 Å². The number of nitrogens with two attached hydrogens (primary N) is 1. The number of pyridine rings is 1. The van der Waals surface area contributed by atoms with Crippen LogP contribution in [0.1, 0.15) is 32.3 Å². The van der Waals surface area contributed by atoms with Gasteiger partial charge in [0.1, 0.15) is 11.7 Å². The molecule has 0 aliphatic carbocycles. The van der Waals surface area contributed by atoms with Crippen molar-refractivity contribution in [2.24, 2.45) is 11.1 Å². The van der Waals surface area contributed by atoms with E-state index in [0.29, 0.717) is 5.41 Å². The second-order valence-electron chi connectivity index (χ2n) is 5.44. The van der Waals surface area contributed by atoms with Gasteiger partial charge in [0.05, 0.1) is 5.56 Å². The van der Waals surface area contributed by atoms with E-state index in [1.807, 2.05) is 12.1 Å². The van der Waals surface area contributed by atoms with E-state index >= 15 is 0 Å². The van der Waals surface area contributed by atoms with Gasteiger partial charge in [-0.1, -0.05) is 13.8 Å². The fourth-order valence-electron chi connectivity index (χ4n) is 2.18. The lowest BCUT2D eigenvalue weighted by Crippen LogP contribution is -2.38. The number of nitrogen functional groups attached to an aromatic ring is 1. The Bertz CT molecular complexity index is 415. The summed E-state index contributed by atoms with van der Waals surface area (Å²) in [6.07, 6.45) is 4.07. The van der Waals surface area contributed by atoms with Crippen molar-refractivity contribution in [1.82, 2.24) is 4.98 Å². The molecule has 92 valence electrons. The fraction of sp³-hybridized carbons (Fsp3) is 0.538. The molecule has 0 spiro atoms. The number of nitrogens with zero attached hydrogens (tertiary/aromatic N) is 2. The second-order valence-corrected chi connectivity index (χ2v) is 5.44. The molecule has 1 aliphatic rings. The summed E-state index contributed by atoms with van der Waals surface area (Å²) in [5.74, 6) is 0.952. The molecule has 1 fully saturated rings. The normalized spacial score (nSPS) is 19.1. The smallest absolute Gasteiger partial charge is 0.139 e. The van der Waals surface area contributed by atoms with Gasteiger partial charge in [0.2, 0.25) is 0 Å². The Labute approximate surface area is 102 Å². The first-order valence-corrected chi connectivity index (χ1v) is 6.04. The topological polar surface area (TPSA) is 66.0 Å². The van der Waals surface area contributed by atoms with E-state index in [1.165, 1.54) is 0 Å². The quantitative estimate of drug-likeness (QED) is 0.605. The van der Waals surface area contributed by atoms with Gasteiger partial charge in [-0.15, -0.1) is 0 Å². The predicted molar refractivity (Wildman–Crippen MR) is 70.5 cm³/mol. The van der Waals surface area contributed by atoms with Crippen molar-refractivity contribution >= 4 is 11.7 Å². The molecule has 2 rings (SSSR count). The van der Waals surface area contributed by atoms with Crippen molar-refractivity contribution in [3.8, 4) is 0 Å². The van der Waals surface area contributed by atoms with Crippen molar-refractivity contribution in [3.05, 3.63) is 23.9 Å². The molecular formula is C13H20N4. The third kappa shape index (κ3) is 2.57. The number of hydrogen-bond donors (Lipinski definition) is 2. The van der Waals surface area contributed by atoms with E-state index in [9.17, 15) is 0 Å². The molecule has 3 N–H and O–H groups in total. The van der Waals surface area contributed by atoms with E-state index in [2.05, 4.69) is 23.7 Å². The van der Waals surface area contributed by atoms with Crippen molar-refractivity contribution in [2.45, 2.75) is 26.7 Å². The molecule has 0 amide bonds. The maximum Gasteiger partial charge on any atom is 0.139 e. The number of amidine groups is 1. The Kier molecular flexibility index (Phi) is 3.05. The van der Waals surface area contributed by atoms with Crippen molar-refractivity contribution < 1.29 is 0 Å². The van der Waals surface area contributed by atoms with Gasteiger partial charge in [-0.3, -0.25) is 5.41 Å². The molecule has 0 bridgehead atoms. The number of nitrogens with one attached hydrogen (secondary N) is 1. The van der Waals surface area contributed by atoms with Crippen LogP contribution in [0.3, 0.4) is 0 Å². The number of piperidine rings is 1. The molecule has 2 heterocycles. The van der Waals surface area contributed by atoms with Crippen LogP contribution in [0, 0.1) is 10.8 Å². The van der Waals surface area contributed by atoms with Crippen LogP contribution >= 0.6 is 0 Å². The highest BCUT2D eigenvalue weighted by Crippen LogP contribution is 2.32. The van der Waals surface area contributed by atoms with Gasteiger partial charge in [-0.05, 0) is 30.4 Å². The average molecular weight is 232 g/mol. The standard InChI is InChI=1S/C13H20N4/c1-13(2)5-8-17(9-6-13)12-10(11(14)15)4-3-7-16-12/h3-4,7H,5-6,8-9H2,1-2H3,(H3,14,15). The summed E-state index contributed by atoms with van der Waals surface area (Å²) in [5.41, 5.74) is 6.75. The maximum atomic E-state index is 7.58. The van der Waals surface area contributed by atoms with Crippen LogP contribution in [0.4, 0.5) is 5.82 Å². The molecule has 0 atom stereocenters. The van der Waals surface area contributed by atoms with E-state index in [0.717, 1.165) is 37.3 Å². The van der Waals surface area contributed by atoms with Crippen LogP contribution in [0.2, 0.25) is 0 Å². The molecule has 4 heteroatoms. The number of hydrogen-bond acceptors (Lipinski definition) is 3. The van der Waals surface area contributed by atoms with Gasteiger partial charge in [0.25, 0.3) is 0 Å². The summed E-state index contributed by atoms with van der Waals surface area (Å²) in [5, 5.41) is 7.58. The van der Waals surface area contributed by atoms with Crippen molar-refractivity contribution in [2.75, 3.05) is 18.0 Å². The predicted octanol–water partition coefficient (Wildman–Crippen LogP) is 1.99. The zero-order chi connectivity index (χ0) is 12.5. The maximum absolute atomic E-state index is 7.58. The highest BCUT2D eigenvalue weighted by molar-refractivity contribution is 5.99. The fourth-order valence-corrected chi connectivity index (χ4v) is 2.18. The highest BCUT2D eigenvalue weighted by atomic mass is 15.2. The molecule has 0 saturated carbocycles. The zero-order valence-electron chi connectivity index (χ0n) is 10.5. The van der Waals surface area contributed by atoms with Gasteiger partial charge < -0.3 is 10.6 Å². The lowest BCUT2D eigenvalue weighted by Gasteiger charge is -2.38. The van der Waals surface area contributed by atoms with Crippen LogP contribution in [-0.4, -0.2) is 23.9 Å². The van der Waals surface area contributed by atoms with Gasteiger partial charge in [0.15, 0.2) is 0 Å². The minimum atomic E-state index is 0.0953. The summed E-state index contributed by atoms with van der Waals surface area (Å²) in [6.45, 7) is 6.58. The Hall–Kier alpha value is -1.58. The minimum Gasteiger partial charge on any atom is -0.384 e. The van der Waals surface area contributed by atoms with Gasteiger partial charge in [0, 0.05) is 19.3 Å². The number of anilines is 1. The van der Waals surface area contributed by atoms with Crippen molar-refractivity contribution in [3.63, 3.8) is 0 Å². The molecule has 1 aliphatic heterocycles. The molecule has 17 heavy (non-hydrogen) atoms. The van der Waals surface area contributed by atoms with Crippen LogP contribution in [0.25, 0.3) is 0 Å². The molecule has 0 radical (unpaired) electrons. The monoisotopic (exact) mass is 232 g/mol. The van der Waals surface area contributed by atoms with Crippen LogP contribution < -0.4 is 10.6 Å². The number of aromatic nitrogens is 1. The molecule has 1 aromatic heterocycles. The third-order valence-corrected chi connectivity index (χ3v) is 3.49. The Morgan fingerprint density at radius 3 is 2.65 bits per heavy atom. The average Bonchev–Trinajstić information content (AvgIpc) is 2.29. The Balaban J connectivity index is 2.21. The number of rotatable bonds is 2. The SMILES string of the molecule is CC1(C)CCN(c2ncccc2C(=N)N)CC1. The summed E-state index contributed by atoms with van der Waals surface area (Å²) < 4.78 is 0. The zero-order valence-corrected chi connectivity index (χ0v) is 10.5. The van der Waals surface area contributed by atoms with Crippen molar-refractivity contribution in [1.29, 1.82) is 5.41 Å². The Morgan fingerprint density at radius 2 is 2.06 bits per heavy atom. The summed E-state index contributed by atoms with van der Waals surface area (Å²) in [4.78, 5) is 6.61. The van der Waals surface area contributed by atoms with Gasteiger partial charge in [-0.25, -0.2) is 4.98 Å².